The number of esters is 2. The van der Waals surface area contributed by atoms with Crippen LogP contribution in [0.2, 0.25) is 0 Å². The number of carbonyl (C=O) groups is 4. The molecule has 0 aliphatic heterocycles. The molecule has 0 saturated heterocycles. The van der Waals surface area contributed by atoms with Crippen LogP contribution >= 0.6 is 0 Å². The first-order valence-corrected chi connectivity index (χ1v) is 21.5. The maximum Gasteiger partial charge on any atom is 1.00 e. The molecule has 17 nitrogen and oxygen atoms in total. The van der Waals surface area contributed by atoms with Crippen molar-refractivity contribution in [3.8, 4) is 0 Å². The van der Waals surface area contributed by atoms with Crippen molar-refractivity contribution in [2.75, 3.05) is 24.7 Å². The average molecular weight is 865 g/mol. The summed E-state index contributed by atoms with van der Waals surface area (Å²) < 4.78 is 104. The summed E-state index contributed by atoms with van der Waals surface area (Å²) in [5.41, 5.74) is -2.13. The summed E-state index contributed by atoms with van der Waals surface area (Å²) in [7, 11) is -13.4. The summed E-state index contributed by atoms with van der Waals surface area (Å²) in [5, 5.41) is 2.69. The van der Waals surface area contributed by atoms with Gasteiger partial charge in [0.15, 0.2) is 5.25 Å². The van der Waals surface area contributed by atoms with Gasteiger partial charge in [-0.1, -0.05) is 90.5 Å². The van der Waals surface area contributed by atoms with Gasteiger partial charge in [0.05, 0.1) is 44.8 Å². The Labute approximate surface area is 372 Å². The number of unbranched alkanes of at least 4 members (excludes halogenated alkanes) is 9. The Hall–Kier alpha value is -1.17. The summed E-state index contributed by atoms with van der Waals surface area (Å²) >= 11 is 0. The van der Waals surface area contributed by atoms with Gasteiger partial charge in [0.25, 0.3) is 10.1 Å². The number of carbonyl (C=O) groups excluding carboxylic acids is 4. The second-order valence-electron chi connectivity index (χ2n) is 13.1. The van der Waals surface area contributed by atoms with E-state index in [0.29, 0.717) is 6.42 Å². The van der Waals surface area contributed by atoms with E-state index in [-0.39, 0.29) is 72.3 Å². The fourth-order valence-corrected chi connectivity index (χ4v) is 6.82. The van der Waals surface area contributed by atoms with Gasteiger partial charge in [-0.05, 0) is 46.3 Å². The molecule has 1 atom stereocenters. The maximum atomic E-state index is 11.9. The van der Waals surface area contributed by atoms with Crippen molar-refractivity contribution in [1.82, 2.24) is 10.6 Å². The first-order valence-electron chi connectivity index (χ1n) is 16.8. The van der Waals surface area contributed by atoms with Gasteiger partial charge in [-0.3, -0.25) is 23.7 Å². The van der Waals surface area contributed by atoms with Crippen LogP contribution in [0.5, 0.6) is 0 Å². The smallest absolute Gasteiger partial charge is 0.748 e. The third kappa shape index (κ3) is 43.8. The molecule has 310 valence electrons. The van der Waals surface area contributed by atoms with E-state index in [0.717, 1.165) is 31.4 Å². The first-order chi connectivity index (χ1) is 24.1. The topological polar surface area (TPSA) is 280 Å². The van der Waals surface area contributed by atoms with Crippen molar-refractivity contribution in [3.63, 3.8) is 0 Å². The Morgan fingerprint density at radius 1 is 0.691 bits per heavy atom. The van der Waals surface area contributed by atoms with Gasteiger partial charge in [-0.15, -0.1) is 0 Å². The average Bonchev–Trinajstić information content (AvgIpc) is 2.98. The molecule has 0 aromatic heterocycles. The van der Waals surface area contributed by atoms with E-state index in [4.69, 9.17) is 9.29 Å². The number of nitrogens with one attached hydrogen (secondary N) is 2. The number of hydrogen-bond acceptors (Lipinski definition) is 14. The molecule has 0 aliphatic rings. The van der Waals surface area contributed by atoms with Gasteiger partial charge in [-0.25, -0.2) is 16.8 Å². The maximum absolute atomic E-state index is 11.9. The summed E-state index contributed by atoms with van der Waals surface area (Å²) in [5.74, 6) is -4.35. The molecular weight excluding hydrogens is 807 g/mol. The summed E-state index contributed by atoms with van der Waals surface area (Å²) in [6.45, 7) is 17.7. The summed E-state index contributed by atoms with van der Waals surface area (Å²) in [6.07, 6.45) is 13.7. The Morgan fingerprint density at radius 2 is 1.05 bits per heavy atom. The molecule has 0 aliphatic carbocycles. The van der Waals surface area contributed by atoms with Crippen LogP contribution in [0.1, 0.15) is 105 Å². The minimum Gasteiger partial charge on any atom is -0.748 e. The number of amides is 2. The summed E-state index contributed by atoms with van der Waals surface area (Å²) in [6, 6.07) is 0. The predicted octanol–water partition coefficient (Wildman–Crippen LogP) is -2.94. The van der Waals surface area contributed by atoms with E-state index in [9.17, 15) is 53.5 Å². The Morgan fingerprint density at radius 3 is 1.36 bits per heavy atom. The van der Waals surface area contributed by atoms with Crippen LogP contribution in [0, 0.1) is 0 Å². The standard InChI is InChI=1S/C19H34O7S.2C7H13NO4S.2Na/c1-3-5-6-7-8-9-10-11-12-13-15-26-19(21)17(27(22,23)24)16-18(20)25-14-4-2;2*1-4-6(9)8-7(2,3)5-13(10,11)12;;/h4,17H,2-3,5-16H2,1H3,(H,22,23,24);2*4H,1,5H2,2-3H3,(H,8,9)(H,10,11,12);;/q;;;2*+1/p-2. The van der Waals surface area contributed by atoms with Crippen molar-refractivity contribution in [2.24, 2.45) is 0 Å². The molecule has 0 aromatic rings. The van der Waals surface area contributed by atoms with Crippen LogP contribution in [0.25, 0.3) is 0 Å². The number of rotatable bonds is 25. The molecule has 0 fully saturated rings. The number of hydrogen-bond donors (Lipinski definition) is 3. The SMILES string of the molecule is C=CC(=O)NC(C)(C)CS(=O)(=O)[O-].C=CC(=O)NC(C)(C)CS(=O)(=O)[O-].C=CCOC(=O)CC(C(=O)OCCCCCCCCCCCC)S(=O)(=O)O.[Na+].[Na+]. The Kier molecular flexibility index (Phi) is 37.5. The molecule has 1 unspecified atom stereocenters. The molecule has 0 bridgehead atoms. The van der Waals surface area contributed by atoms with Crippen LogP contribution in [0.4, 0.5) is 0 Å². The minimum atomic E-state index is -4.75. The van der Waals surface area contributed by atoms with Gasteiger partial charge in [0.1, 0.15) is 6.61 Å². The van der Waals surface area contributed by atoms with E-state index >= 15 is 0 Å². The van der Waals surface area contributed by atoms with Gasteiger partial charge in [0.2, 0.25) is 11.8 Å². The third-order valence-electron chi connectivity index (χ3n) is 6.45. The van der Waals surface area contributed by atoms with Crippen LogP contribution < -0.4 is 69.7 Å². The van der Waals surface area contributed by atoms with E-state index < -0.39 is 88.4 Å². The van der Waals surface area contributed by atoms with E-state index in [1.54, 1.807) is 0 Å². The Bertz CT molecular complexity index is 1440. The van der Waals surface area contributed by atoms with Crippen LogP contribution in [0.15, 0.2) is 38.0 Å². The van der Waals surface area contributed by atoms with Gasteiger partial charge < -0.3 is 29.2 Å². The molecule has 0 spiro atoms. The molecule has 22 heteroatoms. The third-order valence-corrected chi connectivity index (χ3v) is 9.68. The molecular formula is C33H58N2Na2O15S3. The van der Waals surface area contributed by atoms with Crippen molar-refractivity contribution in [1.29, 1.82) is 0 Å². The van der Waals surface area contributed by atoms with E-state index in [1.165, 1.54) is 72.3 Å². The first kappa shape index (κ1) is 63.0. The fraction of sp³-hybridized carbons (Fsp3) is 0.697. The molecule has 55 heavy (non-hydrogen) atoms. The zero-order valence-electron chi connectivity index (χ0n) is 33.4. The van der Waals surface area contributed by atoms with Crippen molar-refractivity contribution in [2.45, 2.75) is 122 Å². The Balaban J connectivity index is -0.000000250. The zero-order chi connectivity index (χ0) is 41.9. The molecule has 0 radical (unpaired) electrons. The largest absolute Gasteiger partial charge is 1.00 e. The zero-order valence-corrected chi connectivity index (χ0v) is 39.9. The van der Waals surface area contributed by atoms with Gasteiger partial charge in [0, 0.05) is 11.1 Å². The van der Waals surface area contributed by atoms with Crippen LogP contribution in [0.3, 0.4) is 0 Å². The molecule has 0 rings (SSSR count). The van der Waals surface area contributed by atoms with Gasteiger partial charge >= 0.3 is 71.1 Å². The molecule has 0 saturated carbocycles. The fourth-order valence-electron chi connectivity index (χ4n) is 4.25. The van der Waals surface area contributed by atoms with Crippen molar-refractivity contribution in [3.05, 3.63) is 38.0 Å². The van der Waals surface area contributed by atoms with E-state index in [1.807, 2.05) is 0 Å². The van der Waals surface area contributed by atoms with E-state index in [2.05, 4.69) is 42.0 Å². The monoisotopic (exact) mass is 864 g/mol. The molecule has 0 heterocycles. The van der Waals surface area contributed by atoms with Crippen molar-refractivity contribution >= 4 is 54.1 Å². The number of ether oxygens (including phenoxy) is 2. The normalized spacial score (nSPS) is 11.9. The quantitative estimate of drug-likeness (QED) is 0.0207. The second kappa shape index (κ2) is 32.7. The predicted molar refractivity (Wildman–Crippen MR) is 198 cm³/mol. The molecule has 0 aromatic carbocycles. The van der Waals surface area contributed by atoms with Gasteiger partial charge in [-0.2, -0.15) is 8.42 Å². The minimum absolute atomic E-state index is 0. The van der Waals surface area contributed by atoms with Crippen molar-refractivity contribution < 1.29 is 127 Å². The molecule has 2 amide bonds. The molecule has 3 N–H and O–H groups in total. The van der Waals surface area contributed by atoms with Crippen LogP contribution in [-0.2, 0) is 59.0 Å². The summed E-state index contributed by atoms with van der Waals surface area (Å²) in [4.78, 5) is 44.9. The second-order valence-corrected chi connectivity index (χ2v) is 17.5. The van der Waals surface area contributed by atoms with Crippen LogP contribution in [-0.4, -0.2) is 104 Å².